The standard InChI is InChI=1S/C16H19F3N4OS/c1-15(2,3)12-22-23-14(25-12)21-13(24)20-11(16(17,18)19)9-10-7-5-4-6-8-10/h4-8,11H,9H2,1-3H3,(H2,20,21,23,24). The molecule has 2 aromatic rings. The average Bonchev–Trinajstić information content (AvgIpc) is 2.95. The van der Waals surface area contributed by atoms with Crippen LogP contribution in [0.5, 0.6) is 0 Å². The molecule has 0 aliphatic rings. The Morgan fingerprint density at radius 1 is 1.16 bits per heavy atom. The van der Waals surface area contributed by atoms with Gasteiger partial charge in [-0.25, -0.2) is 4.79 Å². The maximum atomic E-state index is 13.2. The SMILES string of the molecule is CC(C)(C)c1nnc(NC(=O)NC(Cc2ccccc2)C(F)(F)F)s1. The lowest BCUT2D eigenvalue weighted by Gasteiger charge is -2.21. The Bertz CT molecular complexity index is 710. The Labute approximate surface area is 147 Å². The molecule has 25 heavy (non-hydrogen) atoms. The molecule has 136 valence electrons. The number of hydrogen-bond donors (Lipinski definition) is 2. The zero-order chi connectivity index (χ0) is 18.7. The summed E-state index contributed by atoms with van der Waals surface area (Å²) in [4.78, 5) is 11.9. The highest BCUT2D eigenvalue weighted by molar-refractivity contribution is 7.15. The second-order valence-electron chi connectivity index (χ2n) is 6.54. The van der Waals surface area contributed by atoms with Crippen molar-refractivity contribution in [3.8, 4) is 0 Å². The number of alkyl halides is 3. The third-order valence-corrected chi connectivity index (χ3v) is 4.53. The van der Waals surface area contributed by atoms with Crippen molar-refractivity contribution in [1.82, 2.24) is 15.5 Å². The zero-order valence-corrected chi connectivity index (χ0v) is 14.8. The van der Waals surface area contributed by atoms with Crippen LogP contribution >= 0.6 is 11.3 Å². The predicted molar refractivity (Wildman–Crippen MR) is 90.8 cm³/mol. The van der Waals surface area contributed by atoms with Crippen LogP contribution in [0.15, 0.2) is 30.3 Å². The van der Waals surface area contributed by atoms with Crippen molar-refractivity contribution in [2.45, 2.75) is 44.8 Å². The van der Waals surface area contributed by atoms with Crippen LogP contribution in [0.4, 0.5) is 23.1 Å². The van der Waals surface area contributed by atoms with Crippen LogP contribution in [0.2, 0.25) is 0 Å². The van der Waals surface area contributed by atoms with Crippen molar-refractivity contribution in [2.24, 2.45) is 0 Å². The van der Waals surface area contributed by atoms with Gasteiger partial charge in [-0.2, -0.15) is 13.2 Å². The summed E-state index contributed by atoms with van der Waals surface area (Å²) in [6.45, 7) is 5.78. The van der Waals surface area contributed by atoms with Crippen LogP contribution in [-0.4, -0.2) is 28.4 Å². The van der Waals surface area contributed by atoms with E-state index in [1.54, 1.807) is 30.3 Å². The van der Waals surface area contributed by atoms with Gasteiger partial charge in [-0.1, -0.05) is 62.4 Å². The van der Waals surface area contributed by atoms with Crippen molar-refractivity contribution < 1.29 is 18.0 Å². The van der Waals surface area contributed by atoms with Crippen LogP contribution in [0.1, 0.15) is 31.3 Å². The minimum absolute atomic E-state index is 0.156. The highest BCUT2D eigenvalue weighted by Crippen LogP contribution is 2.28. The van der Waals surface area contributed by atoms with Gasteiger partial charge in [0.25, 0.3) is 0 Å². The second-order valence-corrected chi connectivity index (χ2v) is 7.52. The largest absolute Gasteiger partial charge is 0.408 e. The second kappa shape index (κ2) is 7.38. The first-order chi connectivity index (χ1) is 11.6. The zero-order valence-electron chi connectivity index (χ0n) is 14.0. The summed E-state index contributed by atoms with van der Waals surface area (Å²) in [7, 11) is 0. The van der Waals surface area contributed by atoms with Gasteiger partial charge >= 0.3 is 12.2 Å². The lowest BCUT2D eigenvalue weighted by Crippen LogP contribution is -2.48. The Kier molecular flexibility index (Phi) is 5.66. The number of nitrogens with one attached hydrogen (secondary N) is 2. The van der Waals surface area contributed by atoms with E-state index in [1.165, 1.54) is 0 Å². The Hall–Kier alpha value is -2.16. The molecule has 5 nitrogen and oxygen atoms in total. The predicted octanol–water partition coefficient (Wildman–Crippen LogP) is 4.13. The molecule has 0 aliphatic heterocycles. The van der Waals surface area contributed by atoms with E-state index in [0.717, 1.165) is 11.3 Å². The molecule has 0 fully saturated rings. The normalized spacial score (nSPS) is 13.4. The summed E-state index contributed by atoms with van der Waals surface area (Å²) in [5.74, 6) is 0. The Morgan fingerprint density at radius 2 is 1.80 bits per heavy atom. The van der Waals surface area contributed by atoms with Gasteiger partial charge in [0.05, 0.1) is 0 Å². The highest BCUT2D eigenvalue weighted by atomic mass is 32.1. The number of halogens is 3. The minimum Gasteiger partial charge on any atom is -0.326 e. The fraction of sp³-hybridized carbons (Fsp3) is 0.438. The van der Waals surface area contributed by atoms with Crippen LogP contribution in [0.25, 0.3) is 0 Å². The number of urea groups is 1. The number of aromatic nitrogens is 2. The quantitative estimate of drug-likeness (QED) is 0.848. The third kappa shape index (κ3) is 5.70. The average molecular weight is 372 g/mol. The molecular formula is C16H19F3N4OS. The van der Waals surface area contributed by atoms with Crippen LogP contribution in [-0.2, 0) is 11.8 Å². The summed E-state index contributed by atoms with van der Waals surface area (Å²) in [5.41, 5.74) is 0.228. The molecule has 1 heterocycles. The number of amides is 2. The maximum absolute atomic E-state index is 13.2. The maximum Gasteiger partial charge on any atom is 0.408 e. The van der Waals surface area contributed by atoms with E-state index >= 15 is 0 Å². The van der Waals surface area contributed by atoms with Gasteiger partial charge < -0.3 is 5.32 Å². The molecule has 1 aromatic carbocycles. The summed E-state index contributed by atoms with van der Waals surface area (Å²) in [6.07, 6.45) is -4.91. The van der Waals surface area contributed by atoms with Gasteiger partial charge in [-0.15, -0.1) is 10.2 Å². The summed E-state index contributed by atoms with van der Waals surface area (Å²) < 4.78 is 39.6. The smallest absolute Gasteiger partial charge is 0.326 e. The molecule has 0 bridgehead atoms. The molecule has 2 rings (SSSR count). The summed E-state index contributed by atoms with van der Waals surface area (Å²) >= 11 is 1.13. The van der Waals surface area contributed by atoms with Crippen LogP contribution in [0.3, 0.4) is 0 Å². The minimum atomic E-state index is -4.56. The van der Waals surface area contributed by atoms with E-state index in [2.05, 4.69) is 15.5 Å². The lowest BCUT2D eigenvalue weighted by atomic mass is 9.98. The molecule has 0 aliphatic carbocycles. The number of carbonyl (C=O) groups is 1. The van der Waals surface area contributed by atoms with E-state index in [-0.39, 0.29) is 17.0 Å². The Morgan fingerprint density at radius 3 is 2.32 bits per heavy atom. The fourth-order valence-electron chi connectivity index (χ4n) is 1.97. The molecule has 0 saturated carbocycles. The van der Waals surface area contributed by atoms with E-state index in [9.17, 15) is 18.0 Å². The van der Waals surface area contributed by atoms with Crippen molar-refractivity contribution in [3.05, 3.63) is 40.9 Å². The van der Waals surface area contributed by atoms with Crippen LogP contribution in [0, 0.1) is 0 Å². The summed E-state index contributed by atoms with van der Waals surface area (Å²) in [5, 5.41) is 12.9. The fourth-order valence-corrected chi connectivity index (χ4v) is 2.76. The molecule has 2 amide bonds. The lowest BCUT2D eigenvalue weighted by molar-refractivity contribution is -0.152. The van der Waals surface area contributed by atoms with Crippen molar-refractivity contribution >= 4 is 22.5 Å². The van der Waals surface area contributed by atoms with Gasteiger partial charge in [0.1, 0.15) is 11.0 Å². The number of anilines is 1. The molecular weight excluding hydrogens is 353 g/mol. The van der Waals surface area contributed by atoms with Gasteiger partial charge in [0.15, 0.2) is 0 Å². The molecule has 0 radical (unpaired) electrons. The number of rotatable bonds is 4. The van der Waals surface area contributed by atoms with Gasteiger partial charge in [0, 0.05) is 11.8 Å². The molecule has 0 saturated heterocycles. The number of nitrogens with zero attached hydrogens (tertiary/aromatic N) is 2. The van der Waals surface area contributed by atoms with Crippen molar-refractivity contribution in [3.63, 3.8) is 0 Å². The summed E-state index contributed by atoms with van der Waals surface area (Å²) in [6, 6.07) is 5.22. The molecule has 1 aromatic heterocycles. The first kappa shape index (κ1) is 19.2. The monoisotopic (exact) mass is 372 g/mol. The molecule has 9 heteroatoms. The van der Waals surface area contributed by atoms with E-state index in [1.807, 2.05) is 26.1 Å². The van der Waals surface area contributed by atoms with E-state index in [0.29, 0.717) is 10.6 Å². The van der Waals surface area contributed by atoms with E-state index < -0.39 is 18.2 Å². The molecule has 1 unspecified atom stereocenters. The number of carbonyl (C=O) groups excluding carboxylic acids is 1. The van der Waals surface area contributed by atoms with Crippen molar-refractivity contribution in [2.75, 3.05) is 5.32 Å². The van der Waals surface area contributed by atoms with Crippen molar-refractivity contribution in [1.29, 1.82) is 0 Å². The number of benzene rings is 1. The molecule has 0 spiro atoms. The van der Waals surface area contributed by atoms with Gasteiger partial charge in [-0.3, -0.25) is 5.32 Å². The third-order valence-electron chi connectivity index (χ3n) is 3.27. The topological polar surface area (TPSA) is 66.9 Å². The highest BCUT2D eigenvalue weighted by Gasteiger charge is 2.40. The molecule has 2 N–H and O–H groups in total. The molecule has 1 atom stereocenters. The van der Waals surface area contributed by atoms with Crippen LogP contribution < -0.4 is 10.6 Å². The first-order valence-corrected chi connectivity index (χ1v) is 8.39. The Balaban J connectivity index is 2.03. The first-order valence-electron chi connectivity index (χ1n) is 7.58. The van der Waals surface area contributed by atoms with Gasteiger partial charge in [-0.05, 0) is 5.56 Å². The van der Waals surface area contributed by atoms with Gasteiger partial charge in [0.2, 0.25) is 5.13 Å². The van der Waals surface area contributed by atoms with E-state index in [4.69, 9.17) is 0 Å². The number of hydrogen-bond acceptors (Lipinski definition) is 4.